The number of likely N-dealkylation sites (tertiary alicyclic amines) is 1. The van der Waals surface area contributed by atoms with Crippen molar-refractivity contribution in [3.63, 3.8) is 0 Å². The normalized spacial score (nSPS) is 19.4. The standard InChI is InChI=1S/C24H27NO4/c1-3-28-24(27)22-21-18(15-25-13-7-8-16(2)14-25)19(26)11-12-20(21)29-23(22)17-9-5-4-6-10-17/h4-6,9-12,16,26H,3,7-8,13-15H2,1-2H3/p+1/t16-/m1/s1. The monoisotopic (exact) mass is 394 g/mol. The number of esters is 1. The Hall–Kier alpha value is -2.79. The van der Waals surface area contributed by atoms with Crippen molar-refractivity contribution >= 4 is 16.9 Å². The van der Waals surface area contributed by atoms with Crippen LogP contribution >= 0.6 is 0 Å². The number of hydrogen-bond donors (Lipinski definition) is 2. The van der Waals surface area contributed by atoms with Crippen LogP contribution in [0.1, 0.15) is 42.6 Å². The Morgan fingerprint density at radius 3 is 2.76 bits per heavy atom. The fraction of sp³-hybridized carbons (Fsp3) is 0.375. The third kappa shape index (κ3) is 3.87. The number of phenolic OH excluding ortho intramolecular Hbond substituents is 1. The lowest BCUT2D eigenvalue weighted by molar-refractivity contribution is -0.922. The van der Waals surface area contributed by atoms with Crippen LogP contribution in [0.5, 0.6) is 5.75 Å². The van der Waals surface area contributed by atoms with E-state index in [1.165, 1.54) is 17.7 Å². The molecule has 1 fully saturated rings. The summed E-state index contributed by atoms with van der Waals surface area (Å²) >= 11 is 0. The molecule has 29 heavy (non-hydrogen) atoms. The van der Waals surface area contributed by atoms with Gasteiger partial charge in [0.25, 0.3) is 0 Å². The summed E-state index contributed by atoms with van der Waals surface area (Å²) in [5.41, 5.74) is 2.59. The van der Waals surface area contributed by atoms with Gasteiger partial charge in [-0.1, -0.05) is 37.3 Å². The number of carbonyl (C=O) groups is 1. The molecule has 1 aromatic heterocycles. The van der Waals surface area contributed by atoms with E-state index >= 15 is 0 Å². The van der Waals surface area contributed by atoms with Gasteiger partial charge in [-0.05, 0) is 31.9 Å². The Morgan fingerprint density at radius 1 is 1.24 bits per heavy atom. The van der Waals surface area contributed by atoms with Crippen molar-refractivity contribution in [2.75, 3.05) is 19.7 Å². The molecule has 1 aliphatic rings. The maximum Gasteiger partial charge on any atom is 0.342 e. The highest BCUT2D eigenvalue weighted by Gasteiger charge is 2.29. The molecule has 0 aliphatic carbocycles. The second-order valence-corrected chi connectivity index (χ2v) is 7.96. The summed E-state index contributed by atoms with van der Waals surface area (Å²) in [6.07, 6.45) is 2.43. The second kappa shape index (κ2) is 8.29. The quantitative estimate of drug-likeness (QED) is 0.646. The van der Waals surface area contributed by atoms with Gasteiger partial charge in [0.1, 0.15) is 29.2 Å². The number of phenols is 1. The Balaban J connectivity index is 1.88. The van der Waals surface area contributed by atoms with Crippen LogP contribution in [0.25, 0.3) is 22.3 Å². The van der Waals surface area contributed by atoms with Gasteiger partial charge in [-0.15, -0.1) is 0 Å². The van der Waals surface area contributed by atoms with Gasteiger partial charge >= 0.3 is 5.97 Å². The largest absolute Gasteiger partial charge is 0.507 e. The fourth-order valence-electron chi connectivity index (χ4n) is 4.43. The van der Waals surface area contributed by atoms with Crippen LogP contribution < -0.4 is 4.90 Å². The molecule has 5 heteroatoms. The highest BCUT2D eigenvalue weighted by Crippen LogP contribution is 2.38. The van der Waals surface area contributed by atoms with Crippen LogP contribution in [0.4, 0.5) is 0 Å². The van der Waals surface area contributed by atoms with E-state index in [9.17, 15) is 9.90 Å². The molecule has 0 spiro atoms. The average Bonchev–Trinajstić information content (AvgIpc) is 3.11. The maximum absolute atomic E-state index is 13.0. The molecule has 0 saturated carbocycles. The van der Waals surface area contributed by atoms with E-state index in [-0.39, 0.29) is 12.4 Å². The zero-order chi connectivity index (χ0) is 20.4. The number of ether oxygens (including phenoxy) is 1. The van der Waals surface area contributed by atoms with Gasteiger partial charge in [-0.3, -0.25) is 0 Å². The number of fused-ring (bicyclic) bond motifs is 1. The summed E-state index contributed by atoms with van der Waals surface area (Å²) in [7, 11) is 0. The number of furan rings is 1. The molecule has 2 heterocycles. The molecule has 3 aromatic rings. The van der Waals surface area contributed by atoms with Crippen LogP contribution in [-0.2, 0) is 11.3 Å². The first kappa shape index (κ1) is 19.5. The van der Waals surface area contributed by atoms with Crippen molar-refractivity contribution in [2.24, 2.45) is 5.92 Å². The smallest absolute Gasteiger partial charge is 0.342 e. The van der Waals surface area contributed by atoms with Crippen molar-refractivity contribution in [1.82, 2.24) is 0 Å². The Bertz CT molecular complexity index is 1010. The fourth-order valence-corrected chi connectivity index (χ4v) is 4.43. The summed E-state index contributed by atoms with van der Waals surface area (Å²) < 4.78 is 11.5. The van der Waals surface area contributed by atoms with Gasteiger partial charge < -0.3 is 19.2 Å². The molecule has 2 N–H and O–H groups in total. The van der Waals surface area contributed by atoms with E-state index in [1.54, 1.807) is 19.1 Å². The number of aromatic hydroxyl groups is 1. The van der Waals surface area contributed by atoms with Gasteiger partial charge in [0.05, 0.1) is 25.3 Å². The first-order valence-corrected chi connectivity index (χ1v) is 10.4. The van der Waals surface area contributed by atoms with Gasteiger partial charge in [0.2, 0.25) is 0 Å². The Labute approximate surface area is 170 Å². The van der Waals surface area contributed by atoms with Crippen LogP contribution in [0.3, 0.4) is 0 Å². The number of rotatable bonds is 5. The molecule has 4 rings (SSSR count). The van der Waals surface area contributed by atoms with Crippen molar-refractivity contribution < 1.29 is 24.0 Å². The van der Waals surface area contributed by atoms with E-state index in [4.69, 9.17) is 9.15 Å². The van der Waals surface area contributed by atoms with Crippen LogP contribution in [-0.4, -0.2) is 30.8 Å². The molecule has 0 bridgehead atoms. The maximum atomic E-state index is 13.0. The lowest BCUT2D eigenvalue weighted by Crippen LogP contribution is -3.12. The number of nitrogens with one attached hydrogen (secondary N) is 1. The number of carbonyl (C=O) groups excluding carboxylic acids is 1. The number of piperidine rings is 1. The van der Waals surface area contributed by atoms with Crippen molar-refractivity contribution in [3.05, 3.63) is 53.6 Å². The minimum absolute atomic E-state index is 0.203. The number of quaternary nitrogens is 1. The van der Waals surface area contributed by atoms with Crippen molar-refractivity contribution in [2.45, 2.75) is 33.2 Å². The third-order valence-electron chi connectivity index (χ3n) is 5.75. The molecule has 1 unspecified atom stereocenters. The van der Waals surface area contributed by atoms with Crippen molar-refractivity contribution in [1.29, 1.82) is 0 Å². The van der Waals surface area contributed by atoms with E-state index in [1.807, 2.05) is 30.3 Å². The van der Waals surface area contributed by atoms with Gasteiger partial charge in [0, 0.05) is 16.9 Å². The van der Waals surface area contributed by atoms with Crippen LogP contribution in [0, 0.1) is 5.92 Å². The number of benzene rings is 2. The average molecular weight is 394 g/mol. The molecule has 0 radical (unpaired) electrons. The Morgan fingerprint density at radius 2 is 2.03 bits per heavy atom. The summed E-state index contributed by atoms with van der Waals surface area (Å²) in [4.78, 5) is 14.4. The van der Waals surface area contributed by atoms with Crippen molar-refractivity contribution in [3.8, 4) is 17.1 Å². The van der Waals surface area contributed by atoms with Crippen LogP contribution in [0.15, 0.2) is 46.9 Å². The molecule has 2 atom stereocenters. The molecule has 1 saturated heterocycles. The highest BCUT2D eigenvalue weighted by atomic mass is 16.5. The predicted octanol–water partition coefficient (Wildman–Crippen LogP) is 3.80. The molecule has 152 valence electrons. The van der Waals surface area contributed by atoms with E-state index < -0.39 is 5.97 Å². The summed E-state index contributed by atoms with van der Waals surface area (Å²) in [6.45, 7) is 7.14. The molecular formula is C24H28NO4+. The first-order chi connectivity index (χ1) is 14.1. The summed E-state index contributed by atoms with van der Waals surface area (Å²) in [5, 5.41) is 11.4. The van der Waals surface area contributed by atoms with Gasteiger partial charge in [-0.25, -0.2) is 4.79 Å². The number of hydrogen-bond acceptors (Lipinski definition) is 4. The Kier molecular flexibility index (Phi) is 5.58. The molecule has 5 nitrogen and oxygen atoms in total. The van der Waals surface area contributed by atoms with Gasteiger partial charge in [0.15, 0.2) is 0 Å². The minimum Gasteiger partial charge on any atom is -0.507 e. The third-order valence-corrected chi connectivity index (χ3v) is 5.75. The zero-order valence-corrected chi connectivity index (χ0v) is 17.0. The lowest BCUT2D eigenvalue weighted by atomic mass is 9.97. The highest BCUT2D eigenvalue weighted by molar-refractivity contribution is 6.10. The summed E-state index contributed by atoms with van der Waals surface area (Å²) in [6, 6.07) is 13.0. The topological polar surface area (TPSA) is 64.1 Å². The zero-order valence-electron chi connectivity index (χ0n) is 17.0. The SMILES string of the molecule is CCOC(=O)c1c(-c2ccccc2)oc2ccc(O)c(C[NH+]3CCC[C@@H](C)C3)c12. The molecule has 0 amide bonds. The van der Waals surface area contributed by atoms with Crippen LogP contribution in [0.2, 0.25) is 0 Å². The van der Waals surface area contributed by atoms with E-state index in [0.717, 1.165) is 24.2 Å². The van der Waals surface area contributed by atoms with Gasteiger partial charge in [-0.2, -0.15) is 0 Å². The summed E-state index contributed by atoms with van der Waals surface area (Å²) in [5.74, 6) is 0.940. The van der Waals surface area contributed by atoms with E-state index in [0.29, 0.717) is 34.8 Å². The molecule has 1 aliphatic heterocycles. The first-order valence-electron chi connectivity index (χ1n) is 10.4. The van der Waals surface area contributed by atoms with E-state index in [2.05, 4.69) is 6.92 Å². The molecule has 2 aromatic carbocycles. The predicted molar refractivity (Wildman–Crippen MR) is 112 cm³/mol. The minimum atomic E-state index is -0.418. The second-order valence-electron chi connectivity index (χ2n) is 7.96. The lowest BCUT2D eigenvalue weighted by Gasteiger charge is -2.28. The molecular weight excluding hydrogens is 366 g/mol.